The van der Waals surface area contributed by atoms with Crippen molar-refractivity contribution in [3.63, 3.8) is 0 Å². The molecule has 3 rings (SSSR count). The van der Waals surface area contributed by atoms with Gasteiger partial charge in [-0.15, -0.1) is 0 Å². The van der Waals surface area contributed by atoms with Crippen molar-refractivity contribution >= 4 is 21.6 Å². The Kier molecular flexibility index (Phi) is 3.93. The molecule has 0 spiro atoms. The minimum absolute atomic E-state index is 0.0903. The number of nitrogens with zero attached hydrogens (tertiary/aromatic N) is 2. The fourth-order valence-corrected chi connectivity index (χ4v) is 5.17. The summed E-state index contributed by atoms with van der Waals surface area (Å²) < 4.78 is 27.0. The average molecular weight is 326 g/mol. The number of rotatable bonds is 2. The van der Waals surface area contributed by atoms with Gasteiger partial charge in [-0.25, -0.2) is 8.42 Å². The second-order valence-corrected chi connectivity index (χ2v) is 7.90. The highest BCUT2D eigenvalue weighted by molar-refractivity contribution is 7.89. The molecule has 2 atom stereocenters. The molecule has 0 bridgehead atoms. The monoisotopic (exact) mass is 325 g/mol. The van der Waals surface area contributed by atoms with E-state index >= 15 is 0 Å². The van der Waals surface area contributed by atoms with Crippen LogP contribution in [0.4, 0.5) is 0 Å². The quantitative estimate of drug-likeness (QED) is 0.893. The van der Waals surface area contributed by atoms with Crippen molar-refractivity contribution in [3.8, 4) is 6.07 Å². The summed E-state index contributed by atoms with van der Waals surface area (Å²) in [5.74, 6) is 0.957. The summed E-state index contributed by atoms with van der Waals surface area (Å²) in [5.41, 5.74) is 0.359. The Morgan fingerprint density at radius 1 is 1.33 bits per heavy atom. The van der Waals surface area contributed by atoms with Gasteiger partial charge in [0.15, 0.2) is 0 Å². The third-order valence-corrected chi connectivity index (χ3v) is 6.69. The number of fused-ring (bicyclic) bond motifs is 1. The smallest absolute Gasteiger partial charge is 0.244 e. The molecule has 0 aliphatic carbocycles. The molecule has 0 amide bonds. The predicted octanol–water partition coefficient (Wildman–Crippen LogP) is 1.44. The molecule has 2 heterocycles. The summed E-state index contributed by atoms with van der Waals surface area (Å²) in [6.45, 7) is 2.92. The fourth-order valence-electron chi connectivity index (χ4n) is 3.14. The van der Waals surface area contributed by atoms with E-state index in [1.54, 1.807) is 0 Å². The minimum Gasteiger partial charge on any atom is -0.316 e. The van der Waals surface area contributed by atoms with Crippen molar-refractivity contribution in [2.75, 3.05) is 26.2 Å². The van der Waals surface area contributed by atoms with E-state index in [9.17, 15) is 8.42 Å². The number of sulfonamides is 1. The number of nitriles is 1. The Hall–Kier alpha value is -1.13. The van der Waals surface area contributed by atoms with Gasteiger partial charge in [-0.05, 0) is 49.5 Å². The molecule has 2 saturated heterocycles. The van der Waals surface area contributed by atoms with Crippen LogP contribution in [0.2, 0.25) is 5.02 Å². The molecule has 5 nitrogen and oxygen atoms in total. The molecule has 1 aromatic rings. The number of benzene rings is 1. The summed E-state index contributed by atoms with van der Waals surface area (Å²) in [7, 11) is -3.59. The van der Waals surface area contributed by atoms with Crippen LogP contribution in [-0.4, -0.2) is 38.9 Å². The highest BCUT2D eigenvalue weighted by atomic mass is 35.5. The molecule has 0 radical (unpaired) electrons. The lowest BCUT2D eigenvalue weighted by molar-refractivity contribution is 0.228. The predicted molar refractivity (Wildman–Crippen MR) is 79.4 cm³/mol. The minimum atomic E-state index is -3.59. The highest BCUT2D eigenvalue weighted by Crippen LogP contribution is 2.32. The average Bonchev–Trinajstić information content (AvgIpc) is 2.94. The number of nitrogens with one attached hydrogen (secondary N) is 1. The molecule has 2 aliphatic heterocycles. The van der Waals surface area contributed by atoms with Crippen molar-refractivity contribution in [1.29, 1.82) is 5.26 Å². The largest absolute Gasteiger partial charge is 0.316 e. The molecule has 112 valence electrons. The maximum atomic E-state index is 12.7. The van der Waals surface area contributed by atoms with Gasteiger partial charge in [0, 0.05) is 13.1 Å². The van der Waals surface area contributed by atoms with Crippen molar-refractivity contribution in [2.45, 2.75) is 11.3 Å². The molecule has 2 unspecified atom stereocenters. The highest BCUT2D eigenvalue weighted by Gasteiger charge is 2.38. The summed E-state index contributed by atoms with van der Waals surface area (Å²) in [6.07, 6.45) is 0.880. The lowest BCUT2D eigenvalue weighted by Gasteiger charge is -2.33. The molecule has 0 saturated carbocycles. The van der Waals surface area contributed by atoms with Crippen LogP contribution in [0.1, 0.15) is 12.0 Å². The second kappa shape index (κ2) is 5.58. The molecule has 0 aromatic heterocycles. The van der Waals surface area contributed by atoms with Crippen LogP contribution in [0.25, 0.3) is 0 Å². The van der Waals surface area contributed by atoms with E-state index in [4.69, 9.17) is 16.9 Å². The zero-order valence-electron chi connectivity index (χ0n) is 11.4. The first-order chi connectivity index (χ1) is 10.0. The first kappa shape index (κ1) is 14.8. The van der Waals surface area contributed by atoms with E-state index in [1.807, 2.05) is 6.07 Å². The Bertz CT molecular complexity index is 699. The second-order valence-electron chi connectivity index (χ2n) is 5.59. The van der Waals surface area contributed by atoms with Gasteiger partial charge in [-0.2, -0.15) is 9.57 Å². The summed E-state index contributed by atoms with van der Waals surface area (Å²) in [6, 6.07) is 6.27. The van der Waals surface area contributed by atoms with Gasteiger partial charge in [-0.3, -0.25) is 0 Å². The Labute approximate surface area is 129 Å². The van der Waals surface area contributed by atoms with Gasteiger partial charge in [0.2, 0.25) is 10.0 Å². The van der Waals surface area contributed by atoms with Crippen molar-refractivity contribution in [2.24, 2.45) is 11.8 Å². The van der Waals surface area contributed by atoms with Crippen LogP contribution in [0.5, 0.6) is 0 Å². The van der Waals surface area contributed by atoms with Gasteiger partial charge in [0.05, 0.1) is 16.7 Å². The van der Waals surface area contributed by atoms with E-state index in [0.717, 1.165) is 19.5 Å². The fraction of sp³-hybridized carbons (Fsp3) is 0.500. The maximum absolute atomic E-state index is 12.7. The van der Waals surface area contributed by atoms with E-state index in [0.29, 0.717) is 30.5 Å². The van der Waals surface area contributed by atoms with Gasteiger partial charge in [0.25, 0.3) is 0 Å². The van der Waals surface area contributed by atoms with E-state index in [-0.39, 0.29) is 9.92 Å². The van der Waals surface area contributed by atoms with Crippen LogP contribution in [0, 0.1) is 23.2 Å². The Morgan fingerprint density at radius 3 is 2.81 bits per heavy atom. The van der Waals surface area contributed by atoms with Crippen molar-refractivity contribution in [3.05, 3.63) is 28.8 Å². The molecule has 2 aliphatic rings. The normalized spacial score (nSPS) is 26.3. The van der Waals surface area contributed by atoms with Crippen molar-refractivity contribution in [1.82, 2.24) is 9.62 Å². The SMILES string of the molecule is N#Cc1ccc(S(=O)(=O)N2CCC3CNCC3C2)c(Cl)c1. The summed E-state index contributed by atoms with van der Waals surface area (Å²) in [4.78, 5) is 0.0903. The van der Waals surface area contributed by atoms with Crippen LogP contribution in [0.15, 0.2) is 23.1 Å². The molecular formula is C14H16ClN3O2S. The molecular weight excluding hydrogens is 310 g/mol. The zero-order chi connectivity index (χ0) is 15.0. The Balaban J connectivity index is 1.88. The third kappa shape index (κ3) is 2.67. The Morgan fingerprint density at radius 2 is 2.10 bits per heavy atom. The van der Waals surface area contributed by atoms with Gasteiger partial charge in [-0.1, -0.05) is 11.6 Å². The lowest BCUT2D eigenvalue weighted by atomic mass is 9.90. The number of hydrogen-bond acceptors (Lipinski definition) is 4. The van der Waals surface area contributed by atoms with Gasteiger partial charge in [0.1, 0.15) is 4.90 Å². The number of piperidine rings is 1. The number of hydrogen-bond donors (Lipinski definition) is 1. The van der Waals surface area contributed by atoms with Crippen LogP contribution in [-0.2, 0) is 10.0 Å². The molecule has 1 aromatic carbocycles. The maximum Gasteiger partial charge on any atom is 0.244 e. The first-order valence-corrected chi connectivity index (χ1v) is 8.74. The summed E-state index contributed by atoms with van der Waals surface area (Å²) >= 11 is 6.05. The zero-order valence-corrected chi connectivity index (χ0v) is 13.0. The molecule has 21 heavy (non-hydrogen) atoms. The standard InChI is InChI=1S/C14H16ClN3O2S/c15-13-5-10(6-16)1-2-14(13)21(19,20)18-4-3-11-7-17-8-12(11)9-18/h1-2,5,11-12,17H,3-4,7-9H2. The molecule has 2 fully saturated rings. The topological polar surface area (TPSA) is 73.2 Å². The van der Waals surface area contributed by atoms with Crippen LogP contribution < -0.4 is 5.32 Å². The third-order valence-electron chi connectivity index (χ3n) is 4.35. The van der Waals surface area contributed by atoms with Gasteiger partial charge < -0.3 is 5.32 Å². The van der Waals surface area contributed by atoms with Crippen molar-refractivity contribution < 1.29 is 8.42 Å². The number of halogens is 1. The summed E-state index contributed by atoms with van der Waals surface area (Å²) in [5, 5.41) is 12.3. The molecule has 1 N–H and O–H groups in total. The molecule has 7 heteroatoms. The van der Waals surface area contributed by atoms with Crippen LogP contribution >= 0.6 is 11.6 Å². The first-order valence-electron chi connectivity index (χ1n) is 6.93. The van der Waals surface area contributed by atoms with Crippen LogP contribution in [0.3, 0.4) is 0 Å². The van der Waals surface area contributed by atoms with E-state index < -0.39 is 10.0 Å². The lowest BCUT2D eigenvalue weighted by Crippen LogP contribution is -2.43. The van der Waals surface area contributed by atoms with E-state index in [2.05, 4.69) is 5.32 Å². The van der Waals surface area contributed by atoms with E-state index in [1.165, 1.54) is 22.5 Å². The van der Waals surface area contributed by atoms with Gasteiger partial charge >= 0.3 is 0 Å².